The highest BCUT2D eigenvalue weighted by molar-refractivity contribution is 6.32. The highest BCUT2D eigenvalue weighted by Gasteiger charge is 2.13. The second-order valence-corrected chi connectivity index (χ2v) is 6.52. The summed E-state index contributed by atoms with van der Waals surface area (Å²) < 4.78 is 10.5. The Morgan fingerprint density at radius 2 is 1.72 bits per heavy atom. The normalized spacial score (nSPS) is 10.4. The Morgan fingerprint density at radius 3 is 2.36 bits per heavy atom. The molecule has 2 rings (SSSR count). The Hall–Kier alpha value is -1.91. The molecule has 0 saturated carbocycles. The Kier molecular flexibility index (Phi) is 6.97. The predicted octanol–water partition coefficient (Wildman–Crippen LogP) is 4.60. The molecule has 2 aromatic carbocycles. The van der Waals surface area contributed by atoms with Crippen LogP contribution in [0.2, 0.25) is 10.0 Å². The zero-order valence-electron chi connectivity index (χ0n) is 14.5. The van der Waals surface area contributed by atoms with Crippen LogP contribution < -0.4 is 9.47 Å². The van der Waals surface area contributed by atoms with Crippen LogP contribution in [0.5, 0.6) is 11.5 Å². The van der Waals surface area contributed by atoms with Crippen LogP contribution in [0.3, 0.4) is 0 Å². The standard InChI is InChI=1S/C19H21Cl2NO3/c1-22(12-14-11-15(20)6-8-17(14)24-2)19(23)9-5-13-4-7-18(25-3)16(21)10-13/h4,6-8,10-11H,5,9,12H2,1-3H3. The molecule has 0 fully saturated rings. The van der Waals surface area contributed by atoms with Gasteiger partial charge >= 0.3 is 0 Å². The SMILES string of the molecule is COc1ccc(CCC(=O)N(C)Cc2cc(Cl)ccc2OC)cc1Cl. The van der Waals surface area contributed by atoms with Crippen LogP contribution >= 0.6 is 23.2 Å². The summed E-state index contributed by atoms with van der Waals surface area (Å²) in [5.74, 6) is 1.38. The molecule has 0 aliphatic rings. The van der Waals surface area contributed by atoms with Gasteiger partial charge in [-0.1, -0.05) is 29.3 Å². The van der Waals surface area contributed by atoms with Crippen molar-refractivity contribution < 1.29 is 14.3 Å². The number of methoxy groups -OCH3 is 2. The largest absolute Gasteiger partial charge is 0.496 e. The fourth-order valence-corrected chi connectivity index (χ4v) is 3.00. The first kappa shape index (κ1) is 19.4. The number of hydrogen-bond donors (Lipinski definition) is 0. The van der Waals surface area contributed by atoms with Crippen molar-refractivity contribution in [2.24, 2.45) is 0 Å². The van der Waals surface area contributed by atoms with Gasteiger partial charge in [0.25, 0.3) is 0 Å². The molecular weight excluding hydrogens is 361 g/mol. The third-order valence-corrected chi connectivity index (χ3v) is 4.45. The number of hydrogen-bond acceptors (Lipinski definition) is 3. The van der Waals surface area contributed by atoms with Crippen molar-refractivity contribution in [2.45, 2.75) is 19.4 Å². The highest BCUT2D eigenvalue weighted by atomic mass is 35.5. The third-order valence-electron chi connectivity index (χ3n) is 3.92. The van der Waals surface area contributed by atoms with Gasteiger partial charge in [-0.05, 0) is 42.3 Å². The Labute approximate surface area is 158 Å². The number of carbonyl (C=O) groups excluding carboxylic acids is 1. The van der Waals surface area contributed by atoms with Gasteiger partial charge in [-0.2, -0.15) is 0 Å². The predicted molar refractivity (Wildman–Crippen MR) is 101 cm³/mol. The first-order valence-corrected chi connectivity index (χ1v) is 8.59. The van der Waals surface area contributed by atoms with Gasteiger partial charge in [-0.25, -0.2) is 0 Å². The van der Waals surface area contributed by atoms with Crippen molar-refractivity contribution >= 4 is 29.1 Å². The van der Waals surface area contributed by atoms with E-state index in [-0.39, 0.29) is 5.91 Å². The van der Waals surface area contributed by atoms with Crippen LogP contribution in [-0.4, -0.2) is 32.1 Å². The molecule has 0 unspecified atom stereocenters. The van der Waals surface area contributed by atoms with E-state index < -0.39 is 0 Å². The summed E-state index contributed by atoms with van der Waals surface area (Å²) >= 11 is 12.2. The van der Waals surface area contributed by atoms with E-state index in [9.17, 15) is 4.79 Å². The van der Waals surface area contributed by atoms with E-state index in [1.807, 2.05) is 24.3 Å². The van der Waals surface area contributed by atoms with Gasteiger partial charge < -0.3 is 14.4 Å². The molecule has 0 saturated heterocycles. The minimum absolute atomic E-state index is 0.0361. The molecule has 1 amide bonds. The number of benzene rings is 2. The van der Waals surface area contributed by atoms with Crippen molar-refractivity contribution in [3.05, 3.63) is 57.6 Å². The summed E-state index contributed by atoms with van der Waals surface area (Å²) in [6.45, 7) is 0.436. The Bertz CT molecular complexity index is 749. The lowest BCUT2D eigenvalue weighted by molar-refractivity contribution is -0.130. The van der Waals surface area contributed by atoms with Gasteiger partial charge in [0.05, 0.1) is 19.2 Å². The maximum absolute atomic E-state index is 12.4. The van der Waals surface area contributed by atoms with Gasteiger partial charge in [0.15, 0.2) is 0 Å². The maximum Gasteiger partial charge on any atom is 0.222 e. The molecule has 0 bridgehead atoms. The molecule has 2 aromatic rings. The minimum atomic E-state index is 0.0361. The van der Waals surface area contributed by atoms with E-state index in [1.165, 1.54) is 0 Å². The first-order chi connectivity index (χ1) is 11.9. The summed E-state index contributed by atoms with van der Waals surface area (Å²) in [7, 11) is 4.94. The Morgan fingerprint density at radius 1 is 1.04 bits per heavy atom. The zero-order chi connectivity index (χ0) is 18.4. The van der Waals surface area contributed by atoms with Gasteiger partial charge in [0.2, 0.25) is 5.91 Å². The first-order valence-electron chi connectivity index (χ1n) is 7.83. The summed E-state index contributed by atoms with van der Waals surface area (Å²) in [5.41, 5.74) is 1.87. The third kappa shape index (κ3) is 5.28. The maximum atomic E-state index is 12.4. The molecule has 4 nitrogen and oxygen atoms in total. The van der Waals surface area contributed by atoms with Crippen molar-refractivity contribution in [3.63, 3.8) is 0 Å². The fraction of sp³-hybridized carbons (Fsp3) is 0.316. The number of nitrogens with zero attached hydrogens (tertiary/aromatic N) is 1. The summed E-state index contributed by atoms with van der Waals surface area (Å²) in [4.78, 5) is 14.1. The van der Waals surface area contributed by atoms with E-state index in [1.54, 1.807) is 38.3 Å². The lowest BCUT2D eigenvalue weighted by Gasteiger charge is -2.19. The second kappa shape index (κ2) is 8.97. The lowest BCUT2D eigenvalue weighted by atomic mass is 10.1. The Balaban J connectivity index is 1.96. The molecule has 134 valence electrons. The van der Waals surface area contributed by atoms with Gasteiger partial charge in [-0.15, -0.1) is 0 Å². The smallest absolute Gasteiger partial charge is 0.222 e. The van der Waals surface area contributed by atoms with Gasteiger partial charge in [0.1, 0.15) is 11.5 Å². The van der Waals surface area contributed by atoms with Crippen LogP contribution in [-0.2, 0) is 17.8 Å². The van der Waals surface area contributed by atoms with E-state index >= 15 is 0 Å². The van der Waals surface area contributed by atoms with Crippen LogP contribution in [0.4, 0.5) is 0 Å². The van der Waals surface area contributed by atoms with Crippen molar-refractivity contribution in [2.75, 3.05) is 21.3 Å². The molecule has 25 heavy (non-hydrogen) atoms. The minimum Gasteiger partial charge on any atom is -0.496 e. The molecule has 0 atom stereocenters. The lowest BCUT2D eigenvalue weighted by Crippen LogP contribution is -2.26. The molecule has 0 radical (unpaired) electrons. The second-order valence-electron chi connectivity index (χ2n) is 5.67. The molecule has 0 aliphatic heterocycles. The highest BCUT2D eigenvalue weighted by Crippen LogP contribution is 2.26. The quantitative estimate of drug-likeness (QED) is 0.703. The number of halogens is 2. The molecule has 6 heteroatoms. The molecule has 0 aliphatic carbocycles. The number of ether oxygens (including phenoxy) is 2. The van der Waals surface area contributed by atoms with E-state index in [0.717, 1.165) is 11.1 Å². The van der Waals surface area contributed by atoms with Crippen LogP contribution in [0.25, 0.3) is 0 Å². The summed E-state index contributed by atoms with van der Waals surface area (Å²) in [6.07, 6.45) is 1.00. The van der Waals surface area contributed by atoms with Crippen molar-refractivity contribution in [3.8, 4) is 11.5 Å². The fourth-order valence-electron chi connectivity index (χ4n) is 2.52. The van der Waals surface area contributed by atoms with Crippen molar-refractivity contribution in [1.29, 1.82) is 0 Å². The van der Waals surface area contributed by atoms with Gasteiger partial charge in [-0.3, -0.25) is 4.79 Å². The summed E-state index contributed by atoms with van der Waals surface area (Å²) in [5, 5.41) is 1.16. The number of amides is 1. The molecule has 0 heterocycles. The number of carbonyl (C=O) groups is 1. The van der Waals surface area contributed by atoms with Gasteiger partial charge in [0, 0.05) is 30.6 Å². The number of rotatable bonds is 7. The van der Waals surface area contributed by atoms with Crippen LogP contribution in [0.15, 0.2) is 36.4 Å². The monoisotopic (exact) mass is 381 g/mol. The van der Waals surface area contributed by atoms with Crippen LogP contribution in [0, 0.1) is 0 Å². The van der Waals surface area contributed by atoms with E-state index in [0.29, 0.717) is 40.9 Å². The topological polar surface area (TPSA) is 38.8 Å². The average molecular weight is 382 g/mol. The van der Waals surface area contributed by atoms with Crippen molar-refractivity contribution in [1.82, 2.24) is 4.90 Å². The summed E-state index contributed by atoms with van der Waals surface area (Å²) in [6, 6.07) is 10.9. The van der Waals surface area contributed by atoms with E-state index in [2.05, 4.69) is 0 Å². The van der Waals surface area contributed by atoms with E-state index in [4.69, 9.17) is 32.7 Å². The average Bonchev–Trinajstić information content (AvgIpc) is 2.60. The zero-order valence-corrected chi connectivity index (χ0v) is 16.0. The van der Waals surface area contributed by atoms with Crippen LogP contribution in [0.1, 0.15) is 17.5 Å². The molecule has 0 spiro atoms. The molecule has 0 N–H and O–H groups in total. The molecule has 0 aromatic heterocycles. The number of aryl methyl sites for hydroxylation is 1. The molecular formula is C19H21Cl2NO3.